The average Bonchev–Trinajstić information content (AvgIpc) is 2.38. The van der Waals surface area contributed by atoms with E-state index in [0.717, 1.165) is 22.4 Å². The number of methoxy groups -OCH3 is 1. The van der Waals surface area contributed by atoms with Gasteiger partial charge >= 0.3 is 0 Å². The van der Waals surface area contributed by atoms with Crippen LogP contribution < -0.4 is 4.74 Å². The van der Waals surface area contributed by atoms with Crippen molar-refractivity contribution in [1.82, 2.24) is 4.98 Å². The molecule has 17 heavy (non-hydrogen) atoms. The quantitative estimate of drug-likeness (QED) is 0.693. The highest BCUT2D eigenvalue weighted by Gasteiger charge is 1.97. The molecule has 1 aromatic heterocycles. The van der Waals surface area contributed by atoms with Gasteiger partial charge in [-0.1, -0.05) is 24.0 Å². The number of benzene rings is 1. The zero-order valence-electron chi connectivity index (χ0n) is 9.90. The van der Waals surface area contributed by atoms with Gasteiger partial charge in [0.15, 0.2) is 0 Å². The Morgan fingerprint density at radius 3 is 2.59 bits per heavy atom. The van der Waals surface area contributed by atoms with E-state index in [9.17, 15) is 0 Å². The molecule has 0 aliphatic heterocycles. The van der Waals surface area contributed by atoms with Gasteiger partial charge in [0.25, 0.3) is 0 Å². The second-order valence-electron chi connectivity index (χ2n) is 3.64. The summed E-state index contributed by atoms with van der Waals surface area (Å²) in [4.78, 5) is 4.04. The molecule has 0 bridgehead atoms. The number of pyridine rings is 1. The molecule has 2 aromatic rings. The van der Waals surface area contributed by atoms with Gasteiger partial charge in [0.2, 0.25) is 0 Å². The molecule has 0 unspecified atom stereocenters. The number of aryl methyl sites for hydroxylation is 1. The minimum absolute atomic E-state index is 0.798. The maximum absolute atomic E-state index is 5.25. The number of hydrogen-bond acceptors (Lipinski definition) is 2. The van der Waals surface area contributed by atoms with E-state index in [2.05, 4.69) is 16.8 Å². The summed E-state index contributed by atoms with van der Waals surface area (Å²) in [5.74, 6) is 7.05. The number of rotatable bonds is 1. The first-order valence-corrected chi connectivity index (χ1v) is 5.37. The Hall–Kier alpha value is -2.27. The summed E-state index contributed by atoms with van der Waals surface area (Å²) in [7, 11) is 1.65. The Morgan fingerprint density at radius 1 is 1.06 bits per heavy atom. The summed E-state index contributed by atoms with van der Waals surface area (Å²) in [5, 5.41) is 0. The van der Waals surface area contributed by atoms with Crippen LogP contribution in [-0.4, -0.2) is 12.1 Å². The van der Waals surface area contributed by atoms with Crippen molar-refractivity contribution in [2.45, 2.75) is 6.92 Å². The van der Waals surface area contributed by atoms with Crippen LogP contribution in [0.5, 0.6) is 5.75 Å². The first-order valence-electron chi connectivity index (χ1n) is 5.37. The summed E-state index contributed by atoms with van der Waals surface area (Å²) in [6, 6.07) is 9.65. The van der Waals surface area contributed by atoms with E-state index in [4.69, 9.17) is 4.74 Å². The number of para-hydroxylation sites is 1. The van der Waals surface area contributed by atoms with Crippen molar-refractivity contribution in [3.8, 4) is 17.6 Å². The Bertz CT molecular complexity index is 579. The topological polar surface area (TPSA) is 22.1 Å². The Labute approximate surface area is 101 Å². The second kappa shape index (κ2) is 5.18. The van der Waals surface area contributed by atoms with Crippen LogP contribution in [0.15, 0.2) is 42.7 Å². The molecule has 0 spiro atoms. The fraction of sp³-hybridized carbons (Fsp3) is 0.133. The van der Waals surface area contributed by atoms with Gasteiger partial charge in [-0.15, -0.1) is 0 Å². The van der Waals surface area contributed by atoms with Crippen molar-refractivity contribution in [3.05, 3.63) is 59.4 Å². The van der Waals surface area contributed by atoms with Crippen molar-refractivity contribution in [1.29, 1.82) is 0 Å². The maximum Gasteiger partial charge on any atom is 0.134 e. The van der Waals surface area contributed by atoms with E-state index in [1.807, 2.05) is 43.5 Å². The molecule has 2 rings (SSSR count). The van der Waals surface area contributed by atoms with Crippen LogP contribution in [0.3, 0.4) is 0 Å². The van der Waals surface area contributed by atoms with E-state index < -0.39 is 0 Å². The smallest absolute Gasteiger partial charge is 0.134 e. The molecule has 0 amide bonds. The third kappa shape index (κ3) is 2.64. The van der Waals surface area contributed by atoms with E-state index in [0.29, 0.717) is 0 Å². The first-order chi connectivity index (χ1) is 8.31. The highest BCUT2D eigenvalue weighted by atomic mass is 16.5. The third-order valence-electron chi connectivity index (χ3n) is 2.46. The summed E-state index contributed by atoms with van der Waals surface area (Å²) in [6.45, 7) is 2.00. The van der Waals surface area contributed by atoms with Gasteiger partial charge in [-0.3, -0.25) is 4.98 Å². The lowest BCUT2D eigenvalue weighted by atomic mass is 10.1. The molecule has 0 saturated heterocycles. The Balaban J connectivity index is 2.37. The highest BCUT2D eigenvalue weighted by Crippen LogP contribution is 2.15. The van der Waals surface area contributed by atoms with Gasteiger partial charge in [-0.25, -0.2) is 0 Å². The van der Waals surface area contributed by atoms with E-state index in [1.165, 1.54) is 0 Å². The number of ether oxygens (including phenoxy) is 1. The largest absolute Gasteiger partial charge is 0.495 e. The predicted octanol–water partition coefficient (Wildman–Crippen LogP) is 2.80. The molecular weight excluding hydrogens is 210 g/mol. The lowest BCUT2D eigenvalue weighted by molar-refractivity contribution is 0.413. The number of hydrogen-bond donors (Lipinski definition) is 0. The van der Waals surface area contributed by atoms with Gasteiger partial charge in [-0.05, 0) is 30.7 Å². The van der Waals surface area contributed by atoms with Crippen LogP contribution in [-0.2, 0) is 0 Å². The molecule has 0 atom stereocenters. The second-order valence-corrected chi connectivity index (χ2v) is 3.64. The molecular formula is C15H13NO. The zero-order chi connectivity index (χ0) is 12.1. The van der Waals surface area contributed by atoms with Gasteiger partial charge in [0, 0.05) is 18.0 Å². The van der Waals surface area contributed by atoms with Gasteiger partial charge in [0.1, 0.15) is 5.75 Å². The monoisotopic (exact) mass is 223 g/mol. The van der Waals surface area contributed by atoms with Crippen LogP contribution in [0.25, 0.3) is 0 Å². The number of nitrogens with zero attached hydrogens (tertiary/aromatic N) is 1. The van der Waals surface area contributed by atoms with E-state index in [-0.39, 0.29) is 0 Å². The van der Waals surface area contributed by atoms with Crippen molar-refractivity contribution in [3.63, 3.8) is 0 Å². The van der Waals surface area contributed by atoms with Crippen LogP contribution >= 0.6 is 0 Å². The Kier molecular flexibility index (Phi) is 3.42. The number of aromatic nitrogens is 1. The van der Waals surface area contributed by atoms with Gasteiger partial charge < -0.3 is 4.74 Å². The van der Waals surface area contributed by atoms with Crippen LogP contribution in [0.2, 0.25) is 0 Å². The van der Waals surface area contributed by atoms with Crippen molar-refractivity contribution < 1.29 is 4.74 Å². The van der Waals surface area contributed by atoms with E-state index >= 15 is 0 Å². The summed E-state index contributed by atoms with van der Waals surface area (Å²) < 4.78 is 5.25. The molecule has 0 aliphatic rings. The molecule has 84 valence electrons. The molecule has 1 heterocycles. The van der Waals surface area contributed by atoms with Crippen LogP contribution in [0.1, 0.15) is 16.7 Å². The van der Waals surface area contributed by atoms with Crippen LogP contribution in [0, 0.1) is 18.8 Å². The van der Waals surface area contributed by atoms with Crippen molar-refractivity contribution >= 4 is 0 Å². The third-order valence-corrected chi connectivity index (χ3v) is 2.46. The summed E-state index contributed by atoms with van der Waals surface area (Å²) in [5.41, 5.74) is 2.96. The van der Waals surface area contributed by atoms with Gasteiger partial charge in [-0.2, -0.15) is 0 Å². The fourth-order valence-corrected chi connectivity index (χ4v) is 1.50. The molecule has 0 radical (unpaired) electrons. The lowest BCUT2D eigenvalue weighted by Crippen LogP contribution is -1.87. The van der Waals surface area contributed by atoms with Crippen molar-refractivity contribution in [2.75, 3.05) is 7.11 Å². The van der Waals surface area contributed by atoms with E-state index in [1.54, 1.807) is 13.3 Å². The molecule has 2 heteroatoms. The van der Waals surface area contributed by atoms with Crippen LogP contribution in [0.4, 0.5) is 0 Å². The summed E-state index contributed by atoms with van der Waals surface area (Å²) in [6.07, 6.45) is 3.56. The standard InChI is InChI=1S/C15H13NO/c1-12-11-16-10-9-13(12)7-8-14-5-3-4-6-15(14)17-2/h3-6,9-11H,1-2H3. The van der Waals surface area contributed by atoms with Gasteiger partial charge in [0.05, 0.1) is 12.7 Å². The van der Waals surface area contributed by atoms with Crippen molar-refractivity contribution in [2.24, 2.45) is 0 Å². The molecule has 2 nitrogen and oxygen atoms in total. The molecule has 0 fully saturated rings. The fourth-order valence-electron chi connectivity index (χ4n) is 1.50. The lowest BCUT2D eigenvalue weighted by Gasteiger charge is -2.01. The maximum atomic E-state index is 5.25. The Morgan fingerprint density at radius 2 is 1.82 bits per heavy atom. The molecule has 0 saturated carbocycles. The normalized spacial score (nSPS) is 9.29. The SMILES string of the molecule is COc1ccccc1C#Cc1ccncc1C. The predicted molar refractivity (Wildman–Crippen MR) is 67.9 cm³/mol. The summed E-state index contributed by atoms with van der Waals surface area (Å²) >= 11 is 0. The first kappa shape index (κ1) is 11.2. The zero-order valence-corrected chi connectivity index (χ0v) is 9.90. The minimum Gasteiger partial charge on any atom is -0.495 e. The molecule has 1 aromatic carbocycles. The molecule has 0 aliphatic carbocycles. The minimum atomic E-state index is 0.798. The highest BCUT2D eigenvalue weighted by molar-refractivity contribution is 5.50. The molecule has 0 N–H and O–H groups in total. The average molecular weight is 223 g/mol.